The summed E-state index contributed by atoms with van der Waals surface area (Å²) in [5, 5.41) is 0. The van der Waals surface area contributed by atoms with E-state index < -0.39 is 7.82 Å². The number of phosphoric acid groups is 1. The molecule has 6 nitrogen and oxygen atoms in total. The maximum absolute atomic E-state index is 11.3. The summed E-state index contributed by atoms with van der Waals surface area (Å²) in [4.78, 5) is 9.24. The molecule has 7 heteroatoms. The lowest BCUT2D eigenvalue weighted by Gasteiger charge is -2.14. The number of hydrogen-bond acceptors (Lipinski definition) is 5. The van der Waals surface area contributed by atoms with E-state index in [2.05, 4.69) is 13.8 Å². The van der Waals surface area contributed by atoms with Crippen LogP contribution in [0.1, 0.15) is 34.1 Å². The van der Waals surface area contributed by atoms with Crippen LogP contribution >= 0.6 is 7.82 Å². The van der Waals surface area contributed by atoms with Crippen LogP contribution in [-0.4, -0.2) is 44.0 Å². The number of hydrogen-bond donors (Lipinski definition) is 1. The maximum Gasteiger partial charge on any atom is 0.472 e. The average Bonchev–Trinajstić information content (AvgIpc) is 2.24. The lowest BCUT2D eigenvalue weighted by Crippen LogP contribution is -2.11. The summed E-state index contributed by atoms with van der Waals surface area (Å²) in [7, 11) is -3.94. The molecule has 0 aromatic rings. The van der Waals surface area contributed by atoms with Crippen LogP contribution in [0, 0.1) is 5.92 Å². The summed E-state index contributed by atoms with van der Waals surface area (Å²) in [6.07, 6.45) is 0.676. The van der Waals surface area contributed by atoms with Crippen molar-refractivity contribution in [2.24, 2.45) is 5.92 Å². The second kappa shape index (κ2) is 10.8. The molecule has 0 rings (SSSR count). The van der Waals surface area contributed by atoms with Crippen molar-refractivity contribution in [2.45, 2.75) is 40.2 Å². The first kappa shape index (κ1) is 19.0. The van der Waals surface area contributed by atoms with Crippen molar-refractivity contribution in [3.63, 3.8) is 0 Å². The highest BCUT2D eigenvalue weighted by molar-refractivity contribution is 7.47. The summed E-state index contributed by atoms with van der Waals surface area (Å²) in [5.41, 5.74) is 0. The van der Waals surface area contributed by atoms with Crippen molar-refractivity contribution in [1.82, 2.24) is 0 Å². The van der Waals surface area contributed by atoms with Crippen molar-refractivity contribution < 1.29 is 28.0 Å². The molecule has 0 aliphatic heterocycles. The highest BCUT2D eigenvalue weighted by Crippen LogP contribution is 2.44. The van der Waals surface area contributed by atoms with Crippen LogP contribution in [0.3, 0.4) is 0 Å². The van der Waals surface area contributed by atoms with Crippen LogP contribution in [0.4, 0.5) is 0 Å². The van der Waals surface area contributed by atoms with Gasteiger partial charge in [0, 0.05) is 6.61 Å². The van der Waals surface area contributed by atoms with Gasteiger partial charge in [0.15, 0.2) is 0 Å². The number of rotatable bonds is 12. The fourth-order valence-corrected chi connectivity index (χ4v) is 2.05. The van der Waals surface area contributed by atoms with Gasteiger partial charge in [-0.25, -0.2) is 4.57 Å². The fourth-order valence-electron chi connectivity index (χ4n) is 1.15. The predicted octanol–water partition coefficient (Wildman–Crippen LogP) is 2.61. The van der Waals surface area contributed by atoms with Gasteiger partial charge >= 0.3 is 7.82 Å². The van der Waals surface area contributed by atoms with Crippen molar-refractivity contribution in [1.29, 1.82) is 0 Å². The quantitative estimate of drug-likeness (QED) is 0.441. The van der Waals surface area contributed by atoms with Gasteiger partial charge in [-0.1, -0.05) is 13.8 Å². The van der Waals surface area contributed by atoms with Gasteiger partial charge in [0.25, 0.3) is 0 Å². The van der Waals surface area contributed by atoms with Crippen LogP contribution in [0.15, 0.2) is 0 Å². The third-order valence-corrected chi connectivity index (χ3v) is 3.23. The zero-order valence-corrected chi connectivity index (χ0v) is 13.2. The topological polar surface area (TPSA) is 74.2 Å². The van der Waals surface area contributed by atoms with Gasteiger partial charge in [-0.3, -0.25) is 9.05 Å². The minimum atomic E-state index is -3.94. The highest BCUT2D eigenvalue weighted by atomic mass is 31.2. The molecule has 1 N–H and O–H groups in total. The van der Waals surface area contributed by atoms with E-state index in [4.69, 9.17) is 18.5 Å². The Hall–Kier alpha value is 0.0300. The molecule has 0 aliphatic carbocycles. The molecule has 0 aromatic carbocycles. The molecule has 0 heterocycles. The zero-order valence-electron chi connectivity index (χ0n) is 12.3. The Labute approximate surface area is 116 Å². The Balaban J connectivity index is 3.33. The van der Waals surface area contributed by atoms with Gasteiger partial charge in [0.1, 0.15) is 0 Å². The summed E-state index contributed by atoms with van der Waals surface area (Å²) in [6, 6.07) is 0. The molecular weight excluding hydrogens is 271 g/mol. The second-order valence-corrected chi connectivity index (χ2v) is 6.27. The van der Waals surface area contributed by atoms with Crippen molar-refractivity contribution in [2.75, 3.05) is 33.0 Å². The second-order valence-electron chi connectivity index (χ2n) is 4.86. The molecule has 0 spiro atoms. The average molecular weight is 298 g/mol. The van der Waals surface area contributed by atoms with Gasteiger partial charge in [-0.2, -0.15) is 0 Å². The summed E-state index contributed by atoms with van der Waals surface area (Å²) in [5.74, 6) is 0.633. The van der Waals surface area contributed by atoms with Crippen LogP contribution < -0.4 is 0 Å². The molecule has 0 aliphatic rings. The number of ether oxygens (including phenoxy) is 2. The van der Waals surface area contributed by atoms with E-state index in [0.717, 1.165) is 13.0 Å². The van der Waals surface area contributed by atoms with Gasteiger partial charge in [-0.05, 0) is 26.2 Å². The van der Waals surface area contributed by atoms with Crippen molar-refractivity contribution in [3.8, 4) is 0 Å². The Bertz CT molecular complexity index is 257. The van der Waals surface area contributed by atoms with Crippen molar-refractivity contribution >= 4 is 7.82 Å². The molecule has 1 unspecified atom stereocenters. The third kappa shape index (κ3) is 14.3. The molecule has 0 aromatic heterocycles. The first-order valence-electron chi connectivity index (χ1n) is 6.64. The van der Waals surface area contributed by atoms with Crippen LogP contribution in [0.25, 0.3) is 0 Å². The molecule has 116 valence electrons. The van der Waals surface area contributed by atoms with E-state index in [-0.39, 0.29) is 19.3 Å². The number of phosphoric ester groups is 1. The lowest BCUT2D eigenvalue weighted by molar-refractivity contribution is 0.0258. The maximum atomic E-state index is 11.3. The van der Waals surface area contributed by atoms with Crippen molar-refractivity contribution in [3.05, 3.63) is 0 Å². The molecule has 0 saturated carbocycles. The minimum absolute atomic E-state index is 0.0203. The monoisotopic (exact) mass is 298 g/mol. The molecule has 19 heavy (non-hydrogen) atoms. The Morgan fingerprint density at radius 2 is 1.47 bits per heavy atom. The zero-order chi connectivity index (χ0) is 14.7. The SMILES string of the molecule is CC(C)CCOCCOCCOP(=O)(O)OC(C)C. The van der Waals surface area contributed by atoms with E-state index in [1.54, 1.807) is 13.8 Å². The standard InChI is InChI=1S/C12H27O6P/c1-11(2)5-6-15-7-8-16-9-10-17-19(13,14)18-12(3)4/h11-12H,5-10H2,1-4H3,(H,13,14). The molecule has 1 atom stereocenters. The largest absolute Gasteiger partial charge is 0.472 e. The Morgan fingerprint density at radius 3 is 2.00 bits per heavy atom. The summed E-state index contributed by atoms with van der Waals surface area (Å²) >= 11 is 0. The summed E-state index contributed by atoms with van der Waals surface area (Å²) < 4.78 is 31.3. The third-order valence-electron chi connectivity index (χ3n) is 2.04. The molecule has 0 amide bonds. The Morgan fingerprint density at radius 1 is 0.947 bits per heavy atom. The normalized spacial score (nSPS) is 15.1. The molecule has 0 saturated heterocycles. The van der Waals surface area contributed by atoms with Crippen LogP contribution in [-0.2, 0) is 23.1 Å². The van der Waals surface area contributed by atoms with E-state index in [1.165, 1.54) is 0 Å². The van der Waals surface area contributed by atoms with Crippen LogP contribution in [0.5, 0.6) is 0 Å². The minimum Gasteiger partial charge on any atom is -0.379 e. The smallest absolute Gasteiger partial charge is 0.379 e. The van der Waals surface area contributed by atoms with Gasteiger partial charge in [-0.15, -0.1) is 0 Å². The highest BCUT2D eigenvalue weighted by Gasteiger charge is 2.22. The van der Waals surface area contributed by atoms with Crippen LogP contribution in [0.2, 0.25) is 0 Å². The van der Waals surface area contributed by atoms with Gasteiger partial charge < -0.3 is 14.4 Å². The molecule has 0 bridgehead atoms. The molecular formula is C12H27O6P. The predicted molar refractivity (Wildman–Crippen MR) is 73.1 cm³/mol. The summed E-state index contributed by atoms with van der Waals surface area (Å²) in [6.45, 7) is 9.56. The van der Waals surface area contributed by atoms with E-state index in [0.29, 0.717) is 19.1 Å². The van der Waals surface area contributed by atoms with Gasteiger partial charge in [0.2, 0.25) is 0 Å². The molecule has 0 fully saturated rings. The Kier molecular flexibility index (Phi) is 10.8. The molecule has 0 radical (unpaired) electrons. The van der Waals surface area contributed by atoms with Gasteiger partial charge in [0.05, 0.1) is 32.5 Å². The fraction of sp³-hybridized carbons (Fsp3) is 1.00. The lowest BCUT2D eigenvalue weighted by atomic mass is 10.1. The van der Waals surface area contributed by atoms with E-state index in [9.17, 15) is 9.46 Å². The van der Waals surface area contributed by atoms with E-state index in [1.807, 2.05) is 0 Å². The first-order chi connectivity index (χ1) is 8.83. The van der Waals surface area contributed by atoms with E-state index >= 15 is 0 Å². The first-order valence-corrected chi connectivity index (χ1v) is 8.14.